The smallest absolute Gasteiger partial charge is 0.252 e. The summed E-state index contributed by atoms with van der Waals surface area (Å²) in [4.78, 5) is 29.3. The summed E-state index contributed by atoms with van der Waals surface area (Å²) < 4.78 is 0. The third kappa shape index (κ3) is 4.37. The molecule has 2 unspecified atom stereocenters. The first-order chi connectivity index (χ1) is 14.7. The first-order valence-corrected chi connectivity index (χ1v) is 10.5. The summed E-state index contributed by atoms with van der Waals surface area (Å²) in [7, 11) is 0. The highest BCUT2D eigenvalue weighted by molar-refractivity contribution is 6.01. The lowest BCUT2D eigenvalue weighted by Crippen LogP contribution is -2.43. The lowest BCUT2D eigenvalue weighted by molar-refractivity contribution is -0.132. The Bertz CT molecular complexity index is 953. The van der Waals surface area contributed by atoms with E-state index in [0.717, 1.165) is 36.9 Å². The number of nitrogens with zero attached hydrogens (tertiary/aromatic N) is 3. The van der Waals surface area contributed by atoms with Crippen molar-refractivity contribution in [2.75, 3.05) is 26.2 Å². The highest BCUT2D eigenvalue weighted by Crippen LogP contribution is 2.24. The van der Waals surface area contributed by atoms with Gasteiger partial charge in [-0.1, -0.05) is 48.5 Å². The van der Waals surface area contributed by atoms with Crippen molar-refractivity contribution in [3.8, 4) is 17.2 Å². The van der Waals surface area contributed by atoms with Gasteiger partial charge in [-0.25, -0.2) is 0 Å². The fourth-order valence-electron chi connectivity index (χ4n) is 4.39. The van der Waals surface area contributed by atoms with Crippen molar-refractivity contribution in [1.29, 1.82) is 5.26 Å². The Balaban J connectivity index is 1.36. The number of nitrogens with one attached hydrogen (secondary N) is 1. The monoisotopic (exact) mass is 402 g/mol. The molecule has 0 bridgehead atoms. The standard InChI is InChI=1S/C24H26N4O2/c25-15-20-9-6-13-28(20)23(29)17-27-14-12-19(16-27)26-24(30)22-11-5-4-10-21(22)18-7-2-1-3-8-18/h1-5,7-8,10-11,19-20H,6,9,12-14,16-17H2,(H,26,30). The number of amides is 2. The van der Waals surface area contributed by atoms with Crippen LogP contribution in [-0.4, -0.2) is 59.9 Å². The number of nitriles is 1. The second-order valence-corrected chi connectivity index (χ2v) is 7.98. The van der Waals surface area contributed by atoms with Crippen LogP contribution in [0, 0.1) is 11.3 Å². The molecule has 0 aliphatic carbocycles. The molecule has 0 aromatic heterocycles. The average Bonchev–Trinajstić information content (AvgIpc) is 3.43. The Morgan fingerprint density at radius 3 is 2.60 bits per heavy atom. The van der Waals surface area contributed by atoms with Gasteiger partial charge >= 0.3 is 0 Å². The minimum Gasteiger partial charge on any atom is -0.348 e. The second kappa shape index (κ2) is 9.10. The predicted molar refractivity (Wildman–Crippen MR) is 115 cm³/mol. The highest BCUT2D eigenvalue weighted by Gasteiger charge is 2.32. The first-order valence-electron chi connectivity index (χ1n) is 10.5. The molecule has 4 rings (SSSR count). The molecule has 0 saturated carbocycles. The molecule has 2 saturated heterocycles. The summed E-state index contributed by atoms with van der Waals surface area (Å²) in [6.07, 6.45) is 2.47. The second-order valence-electron chi connectivity index (χ2n) is 7.98. The lowest BCUT2D eigenvalue weighted by Gasteiger charge is -2.23. The molecular formula is C24H26N4O2. The van der Waals surface area contributed by atoms with E-state index in [-0.39, 0.29) is 23.9 Å². The van der Waals surface area contributed by atoms with Crippen molar-refractivity contribution < 1.29 is 9.59 Å². The lowest BCUT2D eigenvalue weighted by atomic mass is 9.99. The minimum absolute atomic E-state index is 0.0134. The van der Waals surface area contributed by atoms with Gasteiger partial charge in [0.15, 0.2) is 0 Å². The van der Waals surface area contributed by atoms with Gasteiger partial charge in [0.25, 0.3) is 5.91 Å². The van der Waals surface area contributed by atoms with Crippen molar-refractivity contribution in [2.45, 2.75) is 31.3 Å². The summed E-state index contributed by atoms with van der Waals surface area (Å²) in [5.41, 5.74) is 2.59. The number of hydrogen-bond donors (Lipinski definition) is 1. The molecule has 2 fully saturated rings. The van der Waals surface area contributed by atoms with Crippen LogP contribution in [0.15, 0.2) is 54.6 Å². The van der Waals surface area contributed by atoms with E-state index in [2.05, 4.69) is 16.3 Å². The van der Waals surface area contributed by atoms with Crippen LogP contribution in [0.5, 0.6) is 0 Å². The van der Waals surface area contributed by atoms with Crippen molar-refractivity contribution in [1.82, 2.24) is 15.1 Å². The third-order valence-corrected chi connectivity index (χ3v) is 5.95. The zero-order valence-corrected chi connectivity index (χ0v) is 17.0. The Kier molecular flexibility index (Phi) is 6.10. The number of benzene rings is 2. The van der Waals surface area contributed by atoms with E-state index in [4.69, 9.17) is 0 Å². The minimum atomic E-state index is -0.287. The van der Waals surface area contributed by atoms with Gasteiger partial charge in [0.2, 0.25) is 5.91 Å². The van der Waals surface area contributed by atoms with Crippen LogP contribution in [0.25, 0.3) is 11.1 Å². The van der Waals surface area contributed by atoms with Gasteiger partial charge in [-0.05, 0) is 36.5 Å². The maximum absolute atomic E-state index is 13.0. The molecule has 6 nitrogen and oxygen atoms in total. The summed E-state index contributed by atoms with van der Waals surface area (Å²) in [6, 6.07) is 19.5. The Hall–Kier alpha value is -3.17. The topological polar surface area (TPSA) is 76.4 Å². The number of hydrogen-bond acceptors (Lipinski definition) is 4. The van der Waals surface area contributed by atoms with Gasteiger partial charge in [-0.2, -0.15) is 5.26 Å². The molecule has 0 radical (unpaired) electrons. The zero-order chi connectivity index (χ0) is 20.9. The first kappa shape index (κ1) is 20.1. The summed E-state index contributed by atoms with van der Waals surface area (Å²) in [6.45, 7) is 2.39. The molecule has 2 aliphatic rings. The van der Waals surface area contributed by atoms with E-state index >= 15 is 0 Å². The molecule has 2 heterocycles. The third-order valence-electron chi connectivity index (χ3n) is 5.95. The molecule has 30 heavy (non-hydrogen) atoms. The molecule has 0 spiro atoms. The summed E-state index contributed by atoms with van der Waals surface area (Å²) >= 11 is 0. The molecule has 2 aromatic carbocycles. The van der Waals surface area contributed by atoms with Crippen molar-refractivity contribution in [3.05, 3.63) is 60.2 Å². The van der Waals surface area contributed by atoms with Crippen LogP contribution in [0.3, 0.4) is 0 Å². The van der Waals surface area contributed by atoms with Crippen LogP contribution in [0.1, 0.15) is 29.6 Å². The maximum atomic E-state index is 13.0. The summed E-state index contributed by atoms with van der Waals surface area (Å²) in [5, 5.41) is 12.3. The summed E-state index contributed by atoms with van der Waals surface area (Å²) in [5.74, 6) is -0.0721. The Morgan fingerprint density at radius 2 is 1.80 bits per heavy atom. The molecule has 6 heteroatoms. The fraction of sp³-hybridized carbons (Fsp3) is 0.375. The van der Waals surface area contributed by atoms with Gasteiger partial charge in [0, 0.05) is 31.2 Å². The average molecular weight is 402 g/mol. The molecule has 1 N–H and O–H groups in total. The largest absolute Gasteiger partial charge is 0.348 e. The number of rotatable bonds is 5. The maximum Gasteiger partial charge on any atom is 0.252 e. The van der Waals surface area contributed by atoms with E-state index < -0.39 is 0 Å². The quantitative estimate of drug-likeness (QED) is 0.834. The van der Waals surface area contributed by atoms with E-state index in [1.165, 1.54) is 0 Å². The zero-order valence-electron chi connectivity index (χ0n) is 17.0. The van der Waals surface area contributed by atoms with Crippen molar-refractivity contribution in [3.63, 3.8) is 0 Å². The van der Waals surface area contributed by atoms with Crippen LogP contribution < -0.4 is 5.32 Å². The van der Waals surface area contributed by atoms with Gasteiger partial charge in [-0.15, -0.1) is 0 Å². The van der Waals surface area contributed by atoms with E-state index in [1.807, 2.05) is 54.6 Å². The van der Waals surface area contributed by atoms with Gasteiger partial charge in [-0.3, -0.25) is 14.5 Å². The van der Waals surface area contributed by atoms with Crippen LogP contribution in [-0.2, 0) is 4.79 Å². The van der Waals surface area contributed by atoms with Gasteiger partial charge in [0.1, 0.15) is 6.04 Å². The van der Waals surface area contributed by atoms with Crippen molar-refractivity contribution in [2.24, 2.45) is 0 Å². The van der Waals surface area contributed by atoms with Gasteiger partial charge < -0.3 is 10.2 Å². The Morgan fingerprint density at radius 1 is 1.03 bits per heavy atom. The molecule has 2 aliphatic heterocycles. The molecule has 154 valence electrons. The molecular weight excluding hydrogens is 376 g/mol. The highest BCUT2D eigenvalue weighted by atomic mass is 16.2. The fourth-order valence-corrected chi connectivity index (χ4v) is 4.39. The van der Waals surface area contributed by atoms with Crippen LogP contribution >= 0.6 is 0 Å². The molecule has 2 atom stereocenters. The predicted octanol–water partition coefficient (Wildman–Crippen LogP) is 2.67. The molecule has 2 aromatic rings. The van der Waals surface area contributed by atoms with E-state index in [0.29, 0.717) is 25.2 Å². The SMILES string of the molecule is N#CC1CCCN1C(=O)CN1CCC(NC(=O)c2ccccc2-c2ccccc2)C1. The number of carbonyl (C=O) groups excluding carboxylic acids is 2. The normalized spacial score (nSPS) is 21.4. The Labute approximate surface area is 177 Å². The van der Waals surface area contributed by atoms with E-state index in [9.17, 15) is 14.9 Å². The van der Waals surface area contributed by atoms with Crippen molar-refractivity contribution >= 4 is 11.8 Å². The van der Waals surface area contributed by atoms with Crippen LogP contribution in [0.2, 0.25) is 0 Å². The van der Waals surface area contributed by atoms with Crippen LogP contribution in [0.4, 0.5) is 0 Å². The van der Waals surface area contributed by atoms with E-state index in [1.54, 1.807) is 4.90 Å². The van der Waals surface area contributed by atoms with Gasteiger partial charge in [0.05, 0.1) is 12.6 Å². The number of likely N-dealkylation sites (tertiary alicyclic amines) is 2. The molecule has 2 amide bonds. The number of carbonyl (C=O) groups is 2.